The van der Waals surface area contributed by atoms with Crippen LogP contribution >= 0.6 is 11.8 Å². The Morgan fingerprint density at radius 1 is 1.46 bits per heavy atom. The highest BCUT2D eigenvalue weighted by Gasteiger charge is 2.08. The number of aromatic nitrogens is 2. The molecule has 1 aromatic rings. The summed E-state index contributed by atoms with van der Waals surface area (Å²) in [4.78, 5) is 8.05. The van der Waals surface area contributed by atoms with Gasteiger partial charge in [0.2, 0.25) is 0 Å². The van der Waals surface area contributed by atoms with E-state index in [0.29, 0.717) is 17.3 Å². The third-order valence-electron chi connectivity index (χ3n) is 1.57. The summed E-state index contributed by atoms with van der Waals surface area (Å²) in [6.07, 6.45) is 1.96. The first-order chi connectivity index (χ1) is 6.19. The number of aryl methyl sites for hydroxylation is 1. The van der Waals surface area contributed by atoms with Gasteiger partial charge in [0.15, 0.2) is 11.6 Å². The molecule has 1 heterocycles. The van der Waals surface area contributed by atoms with E-state index in [9.17, 15) is 4.39 Å². The van der Waals surface area contributed by atoms with Gasteiger partial charge in [0.1, 0.15) is 5.82 Å². The molecule has 0 spiro atoms. The molecule has 1 N–H and O–H groups in total. The molecule has 0 aliphatic heterocycles. The molecule has 0 amide bonds. The molecule has 0 saturated heterocycles. The Labute approximate surface area is 81.2 Å². The number of anilines is 1. The van der Waals surface area contributed by atoms with Crippen LogP contribution in [0.2, 0.25) is 0 Å². The van der Waals surface area contributed by atoms with Crippen molar-refractivity contribution >= 4 is 17.6 Å². The van der Waals surface area contributed by atoms with Crippen LogP contribution in [-0.2, 0) is 5.75 Å². The predicted molar refractivity (Wildman–Crippen MR) is 53.5 cm³/mol. The summed E-state index contributed by atoms with van der Waals surface area (Å²) in [5.41, 5.74) is 0.392. The van der Waals surface area contributed by atoms with Gasteiger partial charge in [-0.2, -0.15) is 11.8 Å². The molecule has 0 atom stereocenters. The van der Waals surface area contributed by atoms with Crippen LogP contribution in [0.3, 0.4) is 0 Å². The standard InChI is InChI=1S/C8H12FN3S/c1-5-7(9)8(10-2)12-6(11-5)4-13-3/h4H2,1-3H3,(H,10,11,12). The first-order valence-electron chi connectivity index (χ1n) is 3.88. The zero-order chi connectivity index (χ0) is 9.84. The summed E-state index contributed by atoms with van der Waals surface area (Å²) >= 11 is 1.61. The van der Waals surface area contributed by atoms with E-state index < -0.39 is 0 Å². The lowest BCUT2D eigenvalue weighted by atomic mass is 10.4. The largest absolute Gasteiger partial charge is 0.371 e. The molecular formula is C8H12FN3S. The molecule has 1 rings (SSSR count). The summed E-state index contributed by atoms with van der Waals surface area (Å²) in [6.45, 7) is 1.64. The fraction of sp³-hybridized carbons (Fsp3) is 0.500. The maximum atomic E-state index is 13.2. The zero-order valence-corrected chi connectivity index (χ0v) is 8.70. The second-order valence-corrected chi connectivity index (χ2v) is 3.44. The van der Waals surface area contributed by atoms with Gasteiger partial charge in [-0.05, 0) is 13.2 Å². The number of rotatable bonds is 3. The van der Waals surface area contributed by atoms with Crippen molar-refractivity contribution in [1.82, 2.24) is 9.97 Å². The first kappa shape index (κ1) is 10.2. The third-order valence-corrected chi connectivity index (χ3v) is 2.12. The van der Waals surface area contributed by atoms with Crippen LogP contribution in [0.5, 0.6) is 0 Å². The maximum Gasteiger partial charge on any atom is 0.186 e. The van der Waals surface area contributed by atoms with E-state index in [4.69, 9.17) is 0 Å². The lowest BCUT2D eigenvalue weighted by molar-refractivity contribution is 0.603. The summed E-state index contributed by atoms with van der Waals surface area (Å²) in [7, 11) is 1.65. The van der Waals surface area contributed by atoms with Gasteiger partial charge in [0, 0.05) is 7.05 Å². The monoisotopic (exact) mass is 201 g/mol. The van der Waals surface area contributed by atoms with Crippen molar-refractivity contribution in [1.29, 1.82) is 0 Å². The second kappa shape index (κ2) is 4.41. The van der Waals surface area contributed by atoms with E-state index in [0.717, 1.165) is 0 Å². The van der Waals surface area contributed by atoms with Crippen LogP contribution in [-0.4, -0.2) is 23.3 Å². The Bertz CT molecular complexity index is 304. The minimum absolute atomic E-state index is 0.275. The highest BCUT2D eigenvalue weighted by Crippen LogP contribution is 2.15. The van der Waals surface area contributed by atoms with Gasteiger partial charge in [-0.3, -0.25) is 0 Å². The van der Waals surface area contributed by atoms with Crippen molar-refractivity contribution < 1.29 is 4.39 Å². The van der Waals surface area contributed by atoms with E-state index in [1.807, 2.05) is 6.26 Å². The number of hydrogen-bond donors (Lipinski definition) is 1. The Morgan fingerprint density at radius 3 is 2.69 bits per heavy atom. The number of nitrogens with one attached hydrogen (secondary N) is 1. The van der Waals surface area contributed by atoms with Crippen molar-refractivity contribution in [2.24, 2.45) is 0 Å². The predicted octanol–water partition coefficient (Wildman–Crippen LogP) is 1.83. The van der Waals surface area contributed by atoms with Crippen molar-refractivity contribution in [3.05, 3.63) is 17.3 Å². The van der Waals surface area contributed by atoms with Crippen molar-refractivity contribution in [3.8, 4) is 0 Å². The molecule has 0 fully saturated rings. The van der Waals surface area contributed by atoms with E-state index in [1.54, 1.807) is 25.7 Å². The minimum atomic E-state index is -0.368. The average molecular weight is 201 g/mol. The van der Waals surface area contributed by atoms with E-state index in [1.165, 1.54) is 0 Å². The van der Waals surface area contributed by atoms with Crippen molar-refractivity contribution in [2.75, 3.05) is 18.6 Å². The number of halogens is 1. The molecular weight excluding hydrogens is 189 g/mol. The summed E-state index contributed by atoms with van der Waals surface area (Å²) < 4.78 is 13.2. The highest BCUT2D eigenvalue weighted by molar-refractivity contribution is 7.97. The lowest BCUT2D eigenvalue weighted by Gasteiger charge is -2.05. The molecule has 1 aromatic heterocycles. The van der Waals surface area contributed by atoms with Crippen LogP contribution in [0.4, 0.5) is 10.2 Å². The van der Waals surface area contributed by atoms with Crippen LogP contribution in [0, 0.1) is 12.7 Å². The van der Waals surface area contributed by atoms with Crippen LogP contribution in [0.1, 0.15) is 11.5 Å². The molecule has 72 valence electrons. The van der Waals surface area contributed by atoms with E-state index in [2.05, 4.69) is 15.3 Å². The number of nitrogens with zero attached hydrogens (tertiary/aromatic N) is 2. The first-order valence-corrected chi connectivity index (χ1v) is 5.28. The SMILES string of the molecule is CNc1nc(CSC)nc(C)c1F. The molecule has 3 nitrogen and oxygen atoms in total. The summed E-state index contributed by atoms with van der Waals surface area (Å²) in [5, 5.41) is 2.70. The lowest BCUT2D eigenvalue weighted by Crippen LogP contribution is -2.05. The molecule has 0 radical (unpaired) electrons. The zero-order valence-electron chi connectivity index (χ0n) is 7.89. The smallest absolute Gasteiger partial charge is 0.186 e. The Morgan fingerprint density at radius 2 is 2.15 bits per heavy atom. The van der Waals surface area contributed by atoms with E-state index >= 15 is 0 Å². The quantitative estimate of drug-likeness (QED) is 0.809. The van der Waals surface area contributed by atoms with Crippen LogP contribution in [0.25, 0.3) is 0 Å². The van der Waals surface area contributed by atoms with Gasteiger partial charge < -0.3 is 5.32 Å². The third kappa shape index (κ3) is 2.30. The Hall–Kier alpha value is -0.840. The molecule has 13 heavy (non-hydrogen) atoms. The summed E-state index contributed by atoms with van der Waals surface area (Å²) in [6, 6.07) is 0. The van der Waals surface area contributed by atoms with Crippen molar-refractivity contribution in [3.63, 3.8) is 0 Å². The molecule has 0 aliphatic rings. The topological polar surface area (TPSA) is 37.8 Å². The fourth-order valence-corrected chi connectivity index (χ4v) is 1.36. The van der Waals surface area contributed by atoms with Gasteiger partial charge in [0.25, 0.3) is 0 Å². The van der Waals surface area contributed by atoms with E-state index in [-0.39, 0.29) is 11.6 Å². The van der Waals surface area contributed by atoms with Crippen LogP contribution in [0.15, 0.2) is 0 Å². The Balaban J connectivity index is 3.06. The molecule has 0 aromatic carbocycles. The number of thioether (sulfide) groups is 1. The normalized spacial score (nSPS) is 10.2. The van der Waals surface area contributed by atoms with Gasteiger partial charge >= 0.3 is 0 Å². The second-order valence-electron chi connectivity index (χ2n) is 2.57. The highest BCUT2D eigenvalue weighted by atomic mass is 32.2. The molecule has 5 heteroatoms. The number of hydrogen-bond acceptors (Lipinski definition) is 4. The minimum Gasteiger partial charge on any atom is -0.371 e. The molecule has 0 aliphatic carbocycles. The van der Waals surface area contributed by atoms with Gasteiger partial charge in [-0.1, -0.05) is 0 Å². The maximum absolute atomic E-state index is 13.2. The van der Waals surface area contributed by atoms with Crippen LogP contribution < -0.4 is 5.32 Å². The van der Waals surface area contributed by atoms with Gasteiger partial charge in [0.05, 0.1) is 11.4 Å². The average Bonchev–Trinajstić information content (AvgIpc) is 2.11. The fourth-order valence-electron chi connectivity index (χ4n) is 0.976. The molecule has 0 unspecified atom stereocenters. The van der Waals surface area contributed by atoms with Gasteiger partial charge in [-0.15, -0.1) is 0 Å². The van der Waals surface area contributed by atoms with Gasteiger partial charge in [-0.25, -0.2) is 14.4 Å². The summed E-state index contributed by atoms with van der Waals surface area (Å²) in [5.74, 6) is 1.27. The molecule has 0 saturated carbocycles. The molecule has 0 bridgehead atoms. The van der Waals surface area contributed by atoms with Crippen molar-refractivity contribution in [2.45, 2.75) is 12.7 Å². The Kier molecular flexibility index (Phi) is 3.48.